The number of phenolic OH excluding ortho intramolecular Hbond substituents is 1. The second-order valence-corrected chi connectivity index (χ2v) is 7.89. The average molecular weight is 482 g/mol. The number of aromatic hydroxyl groups is 1. The maximum atomic E-state index is 13.2. The second-order valence-electron chi connectivity index (χ2n) is 7.49. The zero-order valence-corrected chi connectivity index (χ0v) is 19.6. The van der Waals surface area contributed by atoms with Gasteiger partial charge in [0.2, 0.25) is 0 Å². The maximum Gasteiger partial charge on any atom is 0.326 e. The molecule has 0 unspecified atom stereocenters. The lowest BCUT2D eigenvalue weighted by Gasteiger charge is -2.19. The number of nitriles is 1. The summed E-state index contributed by atoms with van der Waals surface area (Å²) >= 11 is 6.08. The summed E-state index contributed by atoms with van der Waals surface area (Å²) in [4.78, 5) is 38.4. The van der Waals surface area contributed by atoms with Crippen molar-refractivity contribution in [1.82, 2.24) is 0 Å². The standard InChI is InChI=1S/C24H21BClNO7/c1-32-18-11-19(33-2)21(17(29)10-16(28)13-6-4-5-7-15(13)26)23(30)20(18)14-8-9-25(12-27)22(14)24(31)34-3/h4-7,11,30H,8-10H2,1-3H3. The molecule has 2 aromatic carbocycles. The van der Waals surface area contributed by atoms with Gasteiger partial charge in [0.15, 0.2) is 11.6 Å². The van der Waals surface area contributed by atoms with Gasteiger partial charge in [-0.2, -0.15) is 0 Å². The average Bonchev–Trinajstić information content (AvgIpc) is 3.26. The van der Waals surface area contributed by atoms with Crippen LogP contribution in [0, 0.1) is 11.2 Å². The van der Waals surface area contributed by atoms with Crippen molar-refractivity contribution in [2.45, 2.75) is 19.2 Å². The van der Waals surface area contributed by atoms with Crippen LogP contribution in [0.4, 0.5) is 0 Å². The number of methoxy groups -OCH3 is 3. The fourth-order valence-corrected chi connectivity index (χ4v) is 4.30. The molecule has 0 aromatic heterocycles. The number of ether oxygens (including phenoxy) is 3. The number of hydrogen-bond acceptors (Lipinski definition) is 8. The summed E-state index contributed by atoms with van der Waals surface area (Å²) in [6.45, 7) is -0.741. The van der Waals surface area contributed by atoms with E-state index >= 15 is 0 Å². The normalized spacial score (nSPS) is 12.9. The molecule has 0 saturated carbocycles. The topological polar surface area (TPSA) is 123 Å². The van der Waals surface area contributed by atoms with Gasteiger partial charge in [0.25, 0.3) is 0 Å². The molecular weight excluding hydrogens is 461 g/mol. The lowest BCUT2D eigenvalue weighted by atomic mass is 9.46. The number of Topliss-reactive ketones (excluding diaryl/α,β-unsaturated/α-hetero) is 2. The van der Waals surface area contributed by atoms with E-state index in [4.69, 9.17) is 25.8 Å². The summed E-state index contributed by atoms with van der Waals surface area (Å²) in [6.07, 6.45) is 0.0212. The van der Waals surface area contributed by atoms with Crippen LogP contribution in [-0.4, -0.2) is 50.7 Å². The highest BCUT2D eigenvalue weighted by Gasteiger charge is 2.39. The highest BCUT2D eigenvalue weighted by atomic mass is 35.5. The second kappa shape index (κ2) is 10.4. The van der Waals surface area contributed by atoms with Gasteiger partial charge in [0.05, 0.1) is 38.3 Å². The smallest absolute Gasteiger partial charge is 0.326 e. The zero-order valence-electron chi connectivity index (χ0n) is 18.8. The molecule has 8 nitrogen and oxygen atoms in total. The third-order valence-electron chi connectivity index (χ3n) is 5.66. The molecule has 1 N–H and O–H groups in total. The highest BCUT2D eigenvalue weighted by molar-refractivity contribution is 6.81. The number of phenols is 1. The van der Waals surface area contributed by atoms with Crippen molar-refractivity contribution in [3.8, 4) is 23.2 Å². The number of carbonyl (C=O) groups is 3. The Balaban J connectivity index is 2.17. The minimum atomic E-state index is -0.741. The van der Waals surface area contributed by atoms with Gasteiger partial charge in [0, 0.05) is 23.1 Å². The number of nitrogens with zero attached hydrogens (tertiary/aromatic N) is 1. The zero-order chi connectivity index (χ0) is 25.0. The van der Waals surface area contributed by atoms with Gasteiger partial charge in [-0.25, -0.2) is 10.1 Å². The van der Waals surface area contributed by atoms with Crippen molar-refractivity contribution in [1.29, 1.82) is 5.26 Å². The predicted octanol–water partition coefficient (Wildman–Crippen LogP) is 3.95. The monoisotopic (exact) mass is 481 g/mol. The summed E-state index contributed by atoms with van der Waals surface area (Å²) in [7, 11) is 3.86. The van der Waals surface area contributed by atoms with Crippen LogP contribution in [0.5, 0.6) is 17.2 Å². The molecule has 2 aromatic rings. The van der Waals surface area contributed by atoms with Crippen LogP contribution in [0.2, 0.25) is 11.3 Å². The highest BCUT2D eigenvalue weighted by Crippen LogP contribution is 2.47. The van der Waals surface area contributed by atoms with Crippen LogP contribution >= 0.6 is 11.6 Å². The molecule has 0 radical (unpaired) electrons. The molecule has 0 fully saturated rings. The Morgan fingerprint density at radius 2 is 1.79 bits per heavy atom. The maximum absolute atomic E-state index is 13.2. The molecule has 174 valence electrons. The number of carbonyl (C=O) groups excluding carboxylic acids is 3. The van der Waals surface area contributed by atoms with Gasteiger partial charge < -0.3 is 19.3 Å². The van der Waals surface area contributed by atoms with Crippen LogP contribution in [-0.2, 0) is 9.53 Å². The molecule has 1 heterocycles. The number of hydrogen-bond donors (Lipinski definition) is 1. The first-order valence-electron chi connectivity index (χ1n) is 10.3. The van der Waals surface area contributed by atoms with Crippen LogP contribution in [0.25, 0.3) is 5.57 Å². The minimum absolute atomic E-state index is 0.00916. The summed E-state index contributed by atoms with van der Waals surface area (Å²) in [5.41, 5.74) is 0.440. The molecule has 3 rings (SSSR count). The molecule has 10 heteroatoms. The van der Waals surface area contributed by atoms with Crippen LogP contribution < -0.4 is 9.47 Å². The quantitative estimate of drug-likeness (QED) is 0.260. The number of rotatable bonds is 8. The molecule has 0 bridgehead atoms. The van der Waals surface area contributed by atoms with E-state index in [1.54, 1.807) is 12.1 Å². The van der Waals surface area contributed by atoms with E-state index in [0.29, 0.717) is 11.9 Å². The molecule has 0 spiro atoms. The first-order chi connectivity index (χ1) is 16.3. The largest absolute Gasteiger partial charge is 0.506 e. The first kappa shape index (κ1) is 24.9. The van der Waals surface area contributed by atoms with Gasteiger partial charge in [-0.15, -0.1) is 0 Å². The van der Waals surface area contributed by atoms with Crippen molar-refractivity contribution in [2.75, 3.05) is 21.3 Å². The van der Waals surface area contributed by atoms with E-state index in [9.17, 15) is 24.8 Å². The number of allylic oxidation sites excluding steroid dienone is 1. The summed E-state index contributed by atoms with van der Waals surface area (Å²) in [5, 5.41) is 20.9. The van der Waals surface area contributed by atoms with E-state index in [1.165, 1.54) is 39.5 Å². The first-order valence-corrected chi connectivity index (χ1v) is 10.7. The fourth-order valence-electron chi connectivity index (χ4n) is 4.06. The van der Waals surface area contributed by atoms with Crippen LogP contribution in [0.1, 0.15) is 39.1 Å². The Bertz CT molecular complexity index is 1250. The number of ketones is 2. The Morgan fingerprint density at radius 1 is 1.12 bits per heavy atom. The Hall–Kier alpha value is -3.77. The minimum Gasteiger partial charge on any atom is -0.506 e. The lowest BCUT2D eigenvalue weighted by molar-refractivity contribution is -0.135. The molecule has 1 aliphatic rings. The van der Waals surface area contributed by atoms with Gasteiger partial charge in [0.1, 0.15) is 22.8 Å². The number of halogens is 1. The van der Waals surface area contributed by atoms with Crippen molar-refractivity contribution >= 4 is 41.4 Å². The number of benzene rings is 2. The van der Waals surface area contributed by atoms with Crippen molar-refractivity contribution in [2.24, 2.45) is 0 Å². The third-order valence-corrected chi connectivity index (χ3v) is 5.99. The fraction of sp³-hybridized carbons (Fsp3) is 0.250. The van der Waals surface area contributed by atoms with Gasteiger partial charge in [-0.05, 0) is 24.1 Å². The van der Waals surface area contributed by atoms with E-state index < -0.39 is 36.4 Å². The van der Waals surface area contributed by atoms with E-state index in [0.717, 1.165) is 0 Å². The molecule has 34 heavy (non-hydrogen) atoms. The van der Waals surface area contributed by atoms with Crippen molar-refractivity contribution < 1.29 is 33.7 Å². The third kappa shape index (κ3) is 4.50. The number of esters is 1. The van der Waals surface area contributed by atoms with E-state index in [1.807, 2.05) is 0 Å². The van der Waals surface area contributed by atoms with Gasteiger partial charge in [-0.1, -0.05) is 30.1 Å². The Morgan fingerprint density at radius 3 is 2.38 bits per heavy atom. The molecule has 0 saturated heterocycles. The molecular formula is C24H21BClNO7. The SMILES string of the molecule is COC(=O)C1=C(c2c(OC)cc(OC)c(C(=O)CC(=O)c3ccccc3Cl)c2O)CCB1C#N. The molecule has 1 aliphatic heterocycles. The lowest BCUT2D eigenvalue weighted by Crippen LogP contribution is -2.19. The van der Waals surface area contributed by atoms with Crippen molar-refractivity contribution in [3.63, 3.8) is 0 Å². The van der Waals surface area contributed by atoms with Crippen LogP contribution in [0.15, 0.2) is 35.8 Å². The molecule has 0 amide bonds. The van der Waals surface area contributed by atoms with Gasteiger partial charge in [-0.3, -0.25) is 9.59 Å². The van der Waals surface area contributed by atoms with E-state index in [2.05, 4.69) is 5.97 Å². The summed E-state index contributed by atoms with van der Waals surface area (Å²) in [5.74, 6) is -0.270. The summed E-state index contributed by atoms with van der Waals surface area (Å²) in [6, 6.07) is 7.72. The Kier molecular flexibility index (Phi) is 7.64. The van der Waals surface area contributed by atoms with Gasteiger partial charge >= 0.3 is 12.7 Å². The predicted molar refractivity (Wildman–Crippen MR) is 126 cm³/mol. The van der Waals surface area contributed by atoms with Crippen LogP contribution in [0.3, 0.4) is 0 Å². The Labute approximate surface area is 201 Å². The molecule has 0 aliphatic carbocycles. The van der Waals surface area contributed by atoms with E-state index in [-0.39, 0.29) is 45.1 Å². The molecule has 0 atom stereocenters. The van der Waals surface area contributed by atoms with Crippen molar-refractivity contribution in [3.05, 3.63) is 57.5 Å². The summed E-state index contributed by atoms with van der Waals surface area (Å²) < 4.78 is 15.6.